The van der Waals surface area contributed by atoms with Crippen molar-refractivity contribution in [3.8, 4) is 5.75 Å². The molecule has 1 fully saturated rings. The number of carbonyl (C=O) groups is 1. The van der Waals surface area contributed by atoms with E-state index in [4.69, 9.17) is 9.47 Å². The minimum Gasteiger partial charge on any atom is -0.493 e. The fourth-order valence-electron chi connectivity index (χ4n) is 2.89. The van der Waals surface area contributed by atoms with Crippen molar-refractivity contribution < 1.29 is 14.3 Å². The maximum Gasteiger partial charge on any atom is 0.222 e. The summed E-state index contributed by atoms with van der Waals surface area (Å²) in [6, 6.07) is 7.84. The number of rotatable bonds is 11. The van der Waals surface area contributed by atoms with Crippen LogP contribution in [0.4, 0.5) is 5.69 Å². The van der Waals surface area contributed by atoms with Gasteiger partial charge in [0.1, 0.15) is 5.75 Å². The van der Waals surface area contributed by atoms with Crippen molar-refractivity contribution in [1.29, 1.82) is 0 Å². The molecule has 1 aromatic carbocycles. The zero-order valence-electron chi connectivity index (χ0n) is 16.5. The van der Waals surface area contributed by atoms with E-state index in [1.54, 1.807) is 7.11 Å². The largest absolute Gasteiger partial charge is 0.493 e. The molecule has 1 aliphatic rings. The van der Waals surface area contributed by atoms with Gasteiger partial charge in [0, 0.05) is 64.5 Å². The van der Waals surface area contributed by atoms with Crippen LogP contribution in [0, 0.1) is 0 Å². The summed E-state index contributed by atoms with van der Waals surface area (Å²) in [6.07, 6.45) is 3.40. The predicted octanol–water partition coefficient (Wildman–Crippen LogP) is 2.49. The molecule has 1 saturated heterocycles. The molecule has 150 valence electrons. The Morgan fingerprint density at radius 2 is 2.19 bits per heavy atom. The number of nitrogens with one attached hydrogen (secondary N) is 2. The van der Waals surface area contributed by atoms with Gasteiger partial charge in [0.05, 0.1) is 6.61 Å². The van der Waals surface area contributed by atoms with Gasteiger partial charge in [-0.15, -0.1) is 0 Å². The highest BCUT2D eigenvalue weighted by Crippen LogP contribution is 2.17. The monoisotopic (exact) mass is 376 g/mol. The number of benzene rings is 1. The van der Waals surface area contributed by atoms with Gasteiger partial charge in [-0.2, -0.15) is 0 Å². The van der Waals surface area contributed by atoms with Gasteiger partial charge < -0.3 is 25.0 Å². The molecule has 0 aromatic heterocycles. The molecule has 0 unspecified atom stereocenters. The van der Waals surface area contributed by atoms with E-state index in [2.05, 4.69) is 15.6 Å². The summed E-state index contributed by atoms with van der Waals surface area (Å²) in [4.78, 5) is 18.2. The maximum atomic E-state index is 11.6. The van der Waals surface area contributed by atoms with E-state index >= 15 is 0 Å². The number of likely N-dealkylation sites (tertiary alicyclic amines) is 1. The number of aliphatic imine (C=N–C) groups is 1. The maximum absolute atomic E-state index is 11.6. The lowest BCUT2D eigenvalue weighted by atomic mass is 10.3. The van der Waals surface area contributed by atoms with Crippen molar-refractivity contribution in [2.24, 2.45) is 4.99 Å². The molecule has 2 rings (SSSR count). The topological polar surface area (TPSA) is 75.2 Å². The van der Waals surface area contributed by atoms with Crippen LogP contribution < -0.4 is 15.4 Å². The molecule has 0 bridgehead atoms. The first-order valence-corrected chi connectivity index (χ1v) is 9.78. The first-order valence-electron chi connectivity index (χ1n) is 9.78. The molecule has 0 saturated carbocycles. The van der Waals surface area contributed by atoms with Gasteiger partial charge in [-0.05, 0) is 31.9 Å². The van der Waals surface area contributed by atoms with Crippen molar-refractivity contribution in [2.75, 3.05) is 51.8 Å². The number of anilines is 1. The summed E-state index contributed by atoms with van der Waals surface area (Å²) >= 11 is 0. The number of hydrogen-bond acceptors (Lipinski definition) is 4. The Bertz CT molecular complexity index is 607. The van der Waals surface area contributed by atoms with Gasteiger partial charge in [-0.25, -0.2) is 0 Å². The molecular formula is C20H32N4O3. The zero-order chi connectivity index (χ0) is 19.3. The first-order chi connectivity index (χ1) is 13.2. The second-order valence-corrected chi connectivity index (χ2v) is 6.45. The Kier molecular flexibility index (Phi) is 9.48. The Balaban J connectivity index is 1.82. The molecule has 27 heavy (non-hydrogen) atoms. The third kappa shape index (κ3) is 7.86. The van der Waals surface area contributed by atoms with Gasteiger partial charge >= 0.3 is 0 Å². The molecular weight excluding hydrogens is 344 g/mol. The Morgan fingerprint density at radius 1 is 1.30 bits per heavy atom. The van der Waals surface area contributed by atoms with E-state index in [1.807, 2.05) is 36.1 Å². The third-order valence-corrected chi connectivity index (χ3v) is 4.23. The van der Waals surface area contributed by atoms with E-state index < -0.39 is 0 Å². The van der Waals surface area contributed by atoms with Crippen LogP contribution in [0.25, 0.3) is 0 Å². The van der Waals surface area contributed by atoms with Crippen molar-refractivity contribution in [3.05, 3.63) is 24.3 Å². The average molecular weight is 377 g/mol. The molecule has 1 aromatic rings. The highest BCUT2D eigenvalue weighted by atomic mass is 16.5. The molecule has 1 amide bonds. The summed E-state index contributed by atoms with van der Waals surface area (Å²) < 4.78 is 10.8. The second-order valence-electron chi connectivity index (χ2n) is 6.45. The fraction of sp³-hybridized carbons (Fsp3) is 0.600. The number of guanidine groups is 1. The smallest absolute Gasteiger partial charge is 0.222 e. The Labute approximate surface area is 162 Å². The number of methoxy groups -OCH3 is 1. The lowest BCUT2D eigenvalue weighted by Crippen LogP contribution is -2.31. The third-order valence-electron chi connectivity index (χ3n) is 4.23. The zero-order valence-corrected chi connectivity index (χ0v) is 16.5. The van der Waals surface area contributed by atoms with E-state index in [9.17, 15) is 4.79 Å². The normalized spacial score (nSPS) is 14.5. The summed E-state index contributed by atoms with van der Waals surface area (Å²) in [5.41, 5.74) is 0.925. The molecule has 0 radical (unpaired) electrons. The number of carbonyl (C=O) groups excluding carboxylic acids is 1. The quantitative estimate of drug-likeness (QED) is 0.353. The molecule has 0 spiro atoms. The van der Waals surface area contributed by atoms with Gasteiger partial charge in [-0.1, -0.05) is 6.07 Å². The molecule has 0 aliphatic carbocycles. The molecule has 2 N–H and O–H groups in total. The molecule has 1 aliphatic heterocycles. The van der Waals surface area contributed by atoms with Crippen LogP contribution >= 0.6 is 0 Å². The van der Waals surface area contributed by atoms with Crippen LogP contribution in [0.3, 0.4) is 0 Å². The molecule has 1 heterocycles. The number of hydrogen-bond donors (Lipinski definition) is 2. The van der Waals surface area contributed by atoms with Gasteiger partial charge in [0.2, 0.25) is 5.91 Å². The van der Waals surface area contributed by atoms with Crippen LogP contribution in [-0.4, -0.2) is 63.3 Å². The number of ether oxygens (including phenoxy) is 2. The molecule has 0 atom stereocenters. The average Bonchev–Trinajstić information content (AvgIpc) is 3.08. The lowest BCUT2D eigenvalue weighted by molar-refractivity contribution is -0.127. The fourth-order valence-corrected chi connectivity index (χ4v) is 2.89. The summed E-state index contributed by atoms with van der Waals surface area (Å²) in [7, 11) is 1.69. The van der Waals surface area contributed by atoms with Crippen molar-refractivity contribution in [2.45, 2.75) is 32.6 Å². The van der Waals surface area contributed by atoms with Crippen molar-refractivity contribution in [1.82, 2.24) is 10.2 Å². The summed E-state index contributed by atoms with van der Waals surface area (Å²) in [5.74, 6) is 1.83. The highest BCUT2D eigenvalue weighted by Gasteiger charge is 2.18. The van der Waals surface area contributed by atoms with Crippen LogP contribution in [0.15, 0.2) is 29.3 Å². The van der Waals surface area contributed by atoms with E-state index in [0.717, 1.165) is 56.3 Å². The first kappa shape index (κ1) is 21.0. The number of amides is 1. The predicted molar refractivity (Wildman–Crippen MR) is 108 cm³/mol. The van der Waals surface area contributed by atoms with Crippen LogP contribution in [0.1, 0.15) is 32.6 Å². The highest BCUT2D eigenvalue weighted by molar-refractivity contribution is 5.93. The second kappa shape index (κ2) is 12.2. The van der Waals surface area contributed by atoms with E-state index in [1.165, 1.54) is 0 Å². The van der Waals surface area contributed by atoms with Crippen molar-refractivity contribution in [3.63, 3.8) is 0 Å². The Morgan fingerprint density at radius 3 is 2.93 bits per heavy atom. The van der Waals surface area contributed by atoms with E-state index in [-0.39, 0.29) is 5.91 Å². The molecule has 7 nitrogen and oxygen atoms in total. The van der Waals surface area contributed by atoms with Gasteiger partial charge in [-0.3, -0.25) is 9.79 Å². The minimum atomic E-state index is 0.270. The summed E-state index contributed by atoms with van der Waals surface area (Å²) in [6.45, 7) is 6.48. The van der Waals surface area contributed by atoms with Gasteiger partial charge in [0.25, 0.3) is 0 Å². The van der Waals surface area contributed by atoms with Crippen LogP contribution in [0.5, 0.6) is 5.75 Å². The van der Waals surface area contributed by atoms with Gasteiger partial charge in [0.15, 0.2) is 5.96 Å². The van der Waals surface area contributed by atoms with Crippen LogP contribution in [0.2, 0.25) is 0 Å². The minimum absolute atomic E-state index is 0.270. The van der Waals surface area contributed by atoms with Crippen LogP contribution in [-0.2, 0) is 9.53 Å². The standard InChI is InChI=1S/C20H32N4O3/c1-3-21-20(22-11-6-13-24-12-5-10-19(24)25)23-17-8-4-9-18(16-17)27-15-7-14-26-2/h4,8-9,16H,3,5-7,10-15H2,1-2H3,(H2,21,22,23). The Hall–Kier alpha value is -2.28. The SMILES string of the molecule is CCNC(=NCCCN1CCCC1=O)Nc1cccc(OCCCOC)c1. The van der Waals surface area contributed by atoms with Crippen molar-refractivity contribution >= 4 is 17.6 Å². The lowest BCUT2D eigenvalue weighted by Gasteiger charge is -2.15. The van der Waals surface area contributed by atoms with E-state index in [0.29, 0.717) is 26.2 Å². The molecule has 7 heteroatoms. The number of nitrogens with zero attached hydrogens (tertiary/aromatic N) is 2. The summed E-state index contributed by atoms with van der Waals surface area (Å²) in [5, 5.41) is 6.56.